The average molecular weight is 308 g/mol. The first-order valence-corrected chi connectivity index (χ1v) is 6.71. The first kappa shape index (κ1) is 14.8. The van der Waals surface area contributed by atoms with Crippen LogP contribution in [0.5, 0.6) is 0 Å². The van der Waals surface area contributed by atoms with E-state index >= 15 is 0 Å². The molecule has 1 aliphatic carbocycles. The van der Waals surface area contributed by atoms with Crippen molar-refractivity contribution >= 4 is 22.9 Å². The number of hydrogen-bond donors (Lipinski definition) is 3. The molecule has 0 radical (unpaired) electrons. The summed E-state index contributed by atoms with van der Waals surface area (Å²) < 4.78 is 58.1. The van der Waals surface area contributed by atoms with Crippen molar-refractivity contribution in [2.75, 3.05) is 4.72 Å². The zero-order valence-corrected chi connectivity index (χ0v) is 10.8. The average Bonchev–Trinajstić information content (AvgIpc) is 3.09. The number of carbonyl (C=O) groups is 1. The molecule has 9 heteroatoms. The van der Waals surface area contributed by atoms with Crippen molar-refractivity contribution in [3.05, 3.63) is 29.8 Å². The van der Waals surface area contributed by atoms with E-state index in [9.17, 15) is 22.2 Å². The molecule has 1 amide bonds. The Bertz CT molecular complexity index is 541. The second kappa shape index (κ2) is 5.06. The van der Waals surface area contributed by atoms with Crippen LogP contribution < -0.4 is 10.0 Å². The third-order valence-corrected chi connectivity index (χ3v) is 3.41. The Balaban J connectivity index is 2.11. The van der Waals surface area contributed by atoms with Crippen molar-refractivity contribution in [2.45, 2.75) is 24.6 Å². The van der Waals surface area contributed by atoms with Gasteiger partial charge >= 0.3 is 12.1 Å². The van der Waals surface area contributed by atoms with Gasteiger partial charge in [-0.15, -0.1) is 0 Å². The lowest BCUT2D eigenvalue weighted by atomic mass is 10.0. The summed E-state index contributed by atoms with van der Waals surface area (Å²) >= 11 is -2.22. The van der Waals surface area contributed by atoms with Gasteiger partial charge in [-0.25, -0.2) is 4.21 Å². The van der Waals surface area contributed by atoms with Gasteiger partial charge in [-0.1, -0.05) is 12.1 Å². The fourth-order valence-electron chi connectivity index (χ4n) is 1.86. The van der Waals surface area contributed by atoms with E-state index in [1.165, 1.54) is 24.3 Å². The fraction of sp³-hybridized carbons (Fsp3) is 0.364. The fourth-order valence-corrected chi connectivity index (χ4v) is 2.19. The van der Waals surface area contributed by atoms with Gasteiger partial charge < -0.3 is 5.32 Å². The topological polar surface area (TPSA) is 78.4 Å². The quantitative estimate of drug-likeness (QED) is 0.743. The predicted molar refractivity (Wildman–Crippen MR) is 65.9 cm³/mol. The van der Waals surface area contributed by atoms with Crippen LogP contribution in [0.25, 0.3) is 0 Å². The standard InChI is InChI=1S/C11H11F3N2O3S/c12-11(13,14)9(17)15-10(5-6-10)7-1-3-8(4-2-7)16-20(18)19/h1-4,16H,5-6H2,(H,15,17)(H,18,19). The monoisotopic (exact) mass is 308 g/mol. The van der Waals surface area contributed by atoms with Gasteiger partial charge in [0.25, 0.3) is 11.3 Å². The number of rotatable bonds is 4. The SMILES string of the molecule is O=C(NC1(c2ccc(NS(=O)O)cc2)CC1)C(F)(F)F. The maximum Gasteiger partial charge on any atom is 0.471 e. The number of halogens is 3. The summed E-state index contributed by atoms with van der Waals surface area (Å²) in [6, 6.07) is 5.95. The predicted octanol–water partition coefficient (Wildman–Crippen LogP) is 1.90. The van der Waals surface area contributed by atoms with Gasteiger partial charge in [-0.05, 0) is 30.5 Å². The van der Waals surface area contributed by atoms with E-state index in [1.54, 1.807) is 0 Å². The number of hydrogen-bond acceptors (Lipinski definition) is 2. The van der Waals surface area contributed by atoms with Crippen LogP contribution in [0.15, 0.2) is 24.3 Å². The van der Waals surface area contributed by atoms with E-state index in [-0.39, 0.29) is 0 Å². The molecule has 5 nitrogen and oxygen atoms in total. The molecule has 3 N–H and O–H groups in total. The highest BCUT2D eigenvalue weighted by molar-refractivity contribution is 7.80. The zero-order chi connectivity index (χ0) is 15.0. The molecule has 0 spiro atoms. The Morgan fingerprint density at radius 2 is 1.80 bits per heavy atom. The van der Waals surface area contributed by atoms with Crippen molar-refractivity contribution in [3.8, 4) is 0 Å². The highest BCUT2D eigenvalue weighted by Crippen LogP contribution is 2.46. The lowest BCUT2D eigenvalue weighted by molar-refractivity contribution is -0.174. The highest BCUT2D eigenvalue weighted by atomic mass is 32.2. The molecule has 1 unspecified atom stereocenters. The smallest absolute Gasteiger partial charge is 0.339 e. The summed E-state index contributed by atoms with van der Waals surface area (Å²) in [5, 5.41) is 1.99. The molecule has 20 heavy (non-hydrogen) atoms. The molecule has 1 saturated carbocycles. The van der Waals surface area contributed by atoms with Crippen LogP contribution in [0.1, 0.15) is 18.4 Å². The molecule has 1 aliphatic rings. The minimum absolute atomic E-state index is 0.354. The lowest BCUT2D eigenvalue weighted by Gasteiger charge is -2.19. The van der Waals surface area contributed by atoms with E-state index in [0.717, 1.165) is 0 Å². The third-order valence-electron chi connectivity index (χ3n) is 3.00. The van der Waals surface area contributed by atoms with Crippen LogP contribution in [0, 0.1) is 0 Å². The van der Waals surface area contributed by atoms with E-state index in [4.69, 9.17) is 4.55 Å². The van der Waals surface area contributed by atoms with Gasteiger partial charge in [-0.3, -0.25) is 14.1 Å². The largest absolute Gasteiger partial charge is 0.471 e. The van der Waals surface area contributed by atoms with Crippen molar-refractivity contribution in [3.63, 3.8) is 0 Å². The summed E-state index contributed by atoms with van der Waals surface area (Å²) in [4.78, 5) is 11.0. The summed E-state index contributed by atoms with van der Waals surface area (Å²) in [5.74, 6) is -1.96. The van der Waals surface area contributed by atoms with E-state index in [0.29, 0.717) is 24.1 Å². The number of amides is 1. The van der Waals surface area contributed by atoms with E-state index in [2.05, 4.69) is 4.72 Å². The minimum Gasteiger partial charge on any atom is -0.339 e. The molecule has 2 rings (SSSR count). The molecule has 1 aromatic rings. The molecule has 0 saturated heterocycles. The Hall–Kier alpha value is -1.61. The van der Waals surface area contributed by atoms with Crippen LogP contribution in [0.3, 0.4) is 0 Å². The molecule has 0 bridgehead atoms. The summed E-state index contributed by atoms with van der Waals surface area (Å²) in [6.45, 7) is 0. The van der Waals surface area contributed by atoms with Gasteiger partial charge in [0.2, 0.25) is 0 Å². The van der Waals surface area contributed by atoms with Gasteiger partial charge in [-0.2, -0.15) is 13.2 Å². The molecular weight excluding hydrogens is 297 g/mol. The normalized spacial score (nSPS) is 18.2. The van der Waals surface area contributed by atoms with E-state index < -0.39 is 28.9 Å². The number of alkyl halides is 3. The second-order valence-corrected chi connectivity index (χ2v) is 5.16. The van der Waals surface area contributed by atoms with Crippen LogP contribution in [0.2, 0.25) is 0 Å². The highest BCUT2D eigenvalue weighted by Gasteiger charge is 2.50. The van der Waals surface area contributed by atoms with Crippen molar-refractivity contribution in [1.82, 2.24) is 5.32 Å². The molecule has 1 fully saturated rings. The van der Waals surface area contributed by atoms with Crippen molar-refractivity contribution in [2.24, 2.45) is 0 Å². The second-order valence-electron chi connectivity index (χ2n) is 4.46. The van der Waals surface area contributed by atoms with Gasteiger partial charge in [0.05, 0.1) is 5.54 Å². The number of nitrogens with one attached hydrogen (secondary N) is 2. The lowest BCUT2D eigenvalue weighted by Crippen LogP contribution is -2.43. The molecule has 0 aliphatic heterocycles. The Labute approximate surface area is 115 Å². The molecule has 110 valence electrons. The first-order valence-electron chi connectivity index (χ1n) is 5.60. The van der Waals surface area contributed by atoms with Crippen LogP contribution in [-0.4, -0.2) is 20.8 Å². The molecule has 1 aromatic carbocycles. The Morgan fingerprint density at radius 1 is 1.25 bits per heavy atom. The third kappa shape index (κ3) is 3.28. The molecule has 0 heterocycles. The molecule has 0 aromatic heterocycles. The van der Waals surface area contributed by atoms with Crippen molar-refractivity contribution in [1.29, 1.82) is 0 Å². The van der Waals surface area contributed by atoms with Crippen LogP contribution in [0.4, 0.5) is 18.9 Å². The van der Waals surface area contributed by atoms with Crippen LogP contribution >= 0.6 is 0 Å². The molecular formula is C11H11F3N2O3S. The Kier molecular flexibility index (Phi) is 3.74. The summed E-state index contributed by atoms with van der Waals surface area (Å²) in [7, 11) is 0. The first-order chi connectivity index (χ1) is 9.23. The summed E-state index contributed by atoms with van der Waals surface area (Å²) in [6.07, 6.45) is -4.06. The van der Waals surface area contributed by atoms with Crippen LogP contribution in [-0.2, 0) is 21.6 Å². The van der Waals surface area contributed by atoms with Gasteiger partial charge in [0.15, 0.2) is 0 Å². The maximum absolute atomic E-state index is 12.2. The van der Waals surface area contributed by atoms with E-state index in [1.807, 2.05) is 5.32 Å². The summed E-state index contributed by atoms with van der Waals surface area (Å²) in [5.41, 5.74) is -0.0966. The number of carbonyl (C=O) groups excluding carboxylic acids is 1. The minimum atomic E-state index is -4.91. The maximum atomic E-state index is 12.2. The Morgan fingerprint density at radius 3 is 2.20 bits per heavy atom. The number of benzene rings is 1. The van der Waals surface area contributed by atoms with Crippen molar-refractivity contribution < 1.29 is 26.7 Å². The van der Waals surface area contributed by atoms with Gasteiger partial charge in [0, 0.05) is 5.69 Å². The van der Waals surface area contributed by atoms with Gasteiger partial charge in [0.1, 0.15) is 0 Å². The number of anilines is 1. The molecule has 1 atom stereocenters. The zero-order valence-electron chi connectivity index (χ0n) is 10.0.